The molecule has 3 N–H and O–H groups in total. The minimum absolute atomic E-state index is 0.0382. The number of nitrogens with one attached hydrogen (secondary N) is 1. The van der Waals surface area contributed by atoms with E-state index in [4.69, 9.17) is 16.0 Å². The van der Waals surface area contributed by atoms with Crippen molar-refractivity contribution in [3.8, 4) is 0 Å². The van der Waals surface area contributed by atoms with Crippen molar-refractivity contribution in [2.24, 2.45) is 11.7 Å². The van der Waals surface area contributed by atoms with E-state index in [-0.39, 0.29) is 24.9 Å². The van der Waals surface area contributed by atoms with Gasteiger partial charge in [0.05, 0.1) is 12.1 Å². The van der Waals surface area contributed by atoms with Crippen LogP contribution in [0.3, 0.4) is 0 Å². The number of nitrogens with two attached hydrogens (primary N) is 1. The molecule has 0 radical (unpaired) electrons. The van der Waals surface area contributed by atoms with E-state index in [1.807, 2.05) is 13.8 Å². The lowest BCUT2D eigenvalue weighted by atomic mass is 10.0. The topological polar surface area (TPSA) is 135 Å². The van der Waals surface area contributed by atoms with Crippen molar-refractivity contribution in [1.82, 2.24) is 5.32 Å². The lowest BCUT2D eigenvalue weighted by molar-refractivity contribution is -0.151. The van der Waals surface area contributed by atoms with Crippen LogP contribution >= 0.6 is 0 Å². The standard InChI is InChI=1S/C15H26N4O4/c1-9(2)7-12(16)14(21)19-13(15(22)23-10(3)4)6-5-11(20)8-18-17/h8-10,12-13H,5-7,16H2,1-4H3,(H,19,21). The fourth-order valence-electron chi connectivity index (χ4n) is 1.87. The zero-order valence-corrected chi connectivity index (χ0v) is 14.1. The number of carbonyl (C=O) groups excluding carboxylic acids is 3. The second kappa shape index (κ2) is 10.6. The van der Waals surface area contributed by atoms with Gasteiger partial charge in [-0.25, -0.2) is 4.79 Å². The Kier molecular flexibility index (Phi) is 9.69. The molecule has 0 saturated heterocycles. The molecule has 0 spiro atoms. The monoisotopic (exact) mass is 326 g/mol. The van der Waals surface area contributed by atoms with Gasteiger partial charge in [0.15, 0.2) is 0 Å². The number of ketones is 1. The highest BCUT2D eigenvalue weighted by Gasteiger charge is 2.26. The van der Waals surface area contributed by atoms with Gasteiger partial charge in [-0.05, 0) is 32.6 Å². The molecule has 2 atom stereocenters. The summed E-state index contributed by atoms with van der Waals surface area (Å²) in [6.45, 7) is 7.24. The van der Waals surface area contributed by atoms with Crippen LogP contribution in [0.25, 0.3) is 5.53 Å². The van der Waals surface area contributed by atoms with Crippen LogP contribution in [0.5, 0.6) is 0 Å². The molecule has 0 fully saturated rings. The van der Waals surface area contributed by atoms with E-state index in [0.717, 1.165) is 6.21 Å². The second-order valence-electron chi connectivity index (χ2n) is 6.03. The van der Waals surface area contributed by atoms with E-state index in [2.05, 4.69) is 10.1 Å². The van der Waals surface area contributed by atoms with Gasteiger partial charge in [-0.2, -0.15) is 4.79 Å². The molecular formula is C15H26N4O4. The molecule has 0 aliphatic carbocycles. The third-order valence-electron chi connectivity index (χ3n) is 2.90. The van der Waals surface area contributed by atoms with Crippen LogP contribution in [0.2, 0.25) is 0 Å². The summed E-state index contributed by atoms with van der Waals surface area (Å²) in [6, 6.07) is -1.71. The Morgan fingerprint density at radius 3 is 2.35 bits per heavy atom. The molecule has 0 aliphatic rings. The molecule has 0 bridgehead atoms. The van der Waals surface area contributed by atoms with Gasteiger partial charge in [-0.1, -0.05) is 13.8 Å². The fraction of sp³-hybridized carbons (Fsp3) is 0.733. The SMILES string of the molecule is CC(C)CC(N)C(=O)NC(CCC(=O)C=[N+]=[N-])C(=O)OC(C)C. The summed E-state index contributed by atoms with van der Waals surface area (Å²) < 4.78 is 5.08. The summed E-state index contributed by atoms with van der Waals surface area (Å²) >= 11 is 0. The molecule has 2 unspecified atom stereocenters. The maximum atomic E-state index is 12.1. The molecule has 0 rings (SSSR count). The number of Topliss-reactive ketones (excluding diaryl/α,β-unsaturated/α-hetero) is 1. The van der Waals surface area contributed by atoms with Crippen molar-refractivity contribution in [3.05, 3.63) is 5.53 Å². The summed E-state index contributed by atoms with van der Waals surface area (Å²) in [7, 11) is 0. The van der Waals surface area contributed by atoms with Crippen molar-refractivity contribution >= 4 is 23.9 Å². The molecule has 1 amide bonds. The second-order valence-corrected chi connectivity index (χ2v) is 6.03. The predicted octanol–water partition coefficient (Wildman–Crippen LogP) is 0.446. The molecule has 23 heavy (non-hydrogen) atoms. The summed E-state index contributed by atoms with van der Waals surface area (Å²) in [5, 5.41) is 2.53. The van der Waals surface area contributed by atoms with Crippen molar-refractivity contribution in [3.63, 3.8) is 0 Å². The number of nitrogens with zero attached hydrogens (tertiary/aromatic N) is 2. The van der Waals surface area contributed by atoms with Gasteiger partial charge in [-0.15, -0.1) is 0 Å². The van der Waals surface area contributed by atoms with Gasteiger partial charge in [0.2, 0.25) is 11.7 Å². The number of ether oxygens (including phenoxy) is 1. The van der Waals surface area contributed by atoms with Crippen LogP contribution < -0.4 is 11.1 Å². The van der Waals surface area contributed by atoms with Crippen LogP contribution in [0.15, 0.2) is 0 Å². The summed E-state index contributed by atoms with van der Waals surface area (Å²) in [4.78, 5) is 38.1. The van der Waals surface area contributed by atoms with Crippen molar-refractivity contribution in [2.75, 3.05) is 0 Å². The zero-order chi connectivity index (χ0) is 18.0. The van der Waals surface area contributed by atoms with E-state index in [1.54, 1.807) is 13.8 Å². The van der Waals surface area contributed by atoms with E-state index in [9.17, 15) is 14.4 Å². The third kappa shape index (κ3) is 9.55. The Morgan fingerprint density at radius 1 is 1.26 bits per heavy atom. The largest absolute Gasteiger partial charge is 0.461 e. The van der Waals surface area contributed by atoms with Crippen LogP contribution in [-0.2, 0) is 19.1 Å². The van der Waals surface area contributed by atoms with E-state index in [0.29, 0.717) is 6.42 Å². The van der Waals surface area contributed by atoms with Gasteiger partial charge in [0.25, 0.3) is 0 Å². The smallest absolute Gasteiger partial charge is 0.328 e. The number of rotatable bonds is 10. The van der Waals surface area contributed by atoms with E-state index in [1.165, 1.54) is 0 Å². The molecule has 0 aliphatic heterocycles. The summed E-state index contributed by atoms with van der Waals surface area (Å²) in [5.74, 6) is -1.32. The number of amides is 1. The average molecular weight is 326 g/mol. The quantitative estimate of drug-likeness (QED) is 0.260. The molecular weight excluding hydrogens is 300 g/mol. The first-order valence-electron chi connectivity index (χ1n) is 7.64. The van der Waals surface area contributed by atoms with E-state index < -0.39 is 29.7 Å². The first-order valence-corrected chi connectivity index (χ1v) is 7.64. The molecule has 8 heteroatoms. The highest BCUT2D eigenvalue weighted by atomic mass is 16.5. The minimum Gasteiger partial charge on any atom is -0.461 e. The highest BCUT2D eigenvalue weighted by molar-refractivity contribution is 6.25. The van der Waals surface area contributed by atoms with Crippen molar-refractivity contribution in [2.45, 2.75) is 65.1 Å². The van der Waals surface area contributed by atoms with Crippen LogP contribution in [-0.4, -0.2) is 46.9 Å². The molecule has 0 aromatic heterocycles. The first-order chi connectivity index (χ1) is 10.7. The van der Waals surface area contributed by atoms with Gasteiger partial charge < -0.3 is 21.3 Å². The maximum absolute atomic E-state index is 12.1. The molecule has 130 valence electrons. The summed E-state index contributed by atoms with van der Waals surface area (Å²) in [6.07, 6.45) is 0.851. The number of hydrogen-bond acceptors (Lipinski definition) is 5. The lowest BCUT2D eigenvalue weighted by Gasteiger charge is -2.21. The average Bonchev–Trinajstić information content (AvgIpc) is 2.41. The van der Waals surface area contributed by atoms with Crippen LogP contribution in [0.4, 0.5) is 0 Å². The normalized spacial score (nSPS) is 13.2. The first kappa shape index (κ1) is 20.9. The van der Waals surface area contributed by atoms with Gasteiger partial charge in [0, 0.05) is 6.42 Å². The molecule has 0 saturated carbocycles. The molecule has 0 aromatic carbocycles. The molecule has 8 nitrogen and oxygen atoms in total. The number of carbonyl (C=O) groups is 3. The molecule has 0 aromatic rings. The summed E-state index contributed by atoms with van der Waals surface area (Å²) in [5.41, 5.74) is 14.1. The Balaban J connectivity index is 4.83. The lowest BCUT2D eigenvalue weighted by Crippen LogP contribution is -2.49. The van der Waals surface area contributed by atoms with Gasteiger partial charge in [-0.3, -0.25) is 9.59 Å². The number of esters is 1. The zero-order valence-electron chi connectivity index (χ0n) is 14.1. The Hall–Kier alpha value is -2.05. The third-order valence-corrected chi connectivity index (χ3v) is 2.90. The van der Waals surface area contributed by atoms with E-state index >= 15 is 0 Å². The number of hydrogen-bond donors (Lipinski definition) is 2. The maximum Gasteiger partial charge on any atom is 0.328 e. The predicted molar refractivity (Wildman–Crippen MR) is 84.5 cm³/mol. The van der Waals surface area contributed by atoms with Crippen LogP contribution in [0.1, 0.15) is 47.0 Å². The van der Waals surface area contributed by atoms with Gasteiger partial charge in [0.1, 0.15) is 6.04 Å². The van der Waals surface area contributed by atoms with Crippen LogP contribution in [0, 0.1) is 5.92 Å². The molecule has 0 heterocycles. The Bertz CT molecular complexity index is 470. The van der Waals surface area contributed by atoms with Gasteiger partial charge >= 0.3 is 12.2 Å². The van der Waals surface area contributed by atoms with Crippen molar-refractivity contribution < 1.29 is 23.9 Å². The Labute approximate surface area is 136 Å². The highest BCUT2D eigenvalue weighted by Crippen LogP contribution is 2.06. The fourth-order valence-corrected chi connectivity index (χ4v) is 1.87. The van der Waals surface area contributed by atoms with Crippen molar-refractivity contribution in [1.29, 1.82) is 0 Å². The minimum atomic E-state index is -0.973. The Morgan fingerprint density at radius 2 is 1.87 bits per heavy atom.